The monoisotopic (exact) mass is 342 g/mol. The van der Waals surface area contributed by atoms with Gasteiger partial charge in [0, 0.05) is 19.2 Å². The quantitative estimate of drug-likeness (QED) is 0.681. The summed E-state index contributed by atoms with van der Waals surface area (Å²) >= 11 is 0. The number of furan rings is 1. The SMILES string of the molecule is CC(=O)Nc1ccc(OC(=O)C2CCCN2C(=O)c2ccco2)cc1. The van der Waals surface area contributed by atoms with Crippen LogP contribution in [0.15, 0.2) is 47.1 Å². The smallest absolute Gasteiger partial charge is 0.334 e. The molecule has 1 aromatic heterocycles. The van der Waals surface area contributed by atoms with Gasteiger partial charge >= 0.3 is 5.97 Å². The largest absolute Gasteiger partial charge is 0.459 e. The fourth-order valence-electron chi connectivity index (χ4n) is 2.79. The molecule has 0 bridgehead atoms. The first-order chi connectivity index (χ1) is 12.0. The molecule has 0 spiro atoms. The van der Waals surface area contributed by atoms with Gasteiger partial charge in [-0.25, -0.2) is 4.79 Å². The van der Waals surface area contributed by atoms with E-state index in [0.29, 0.717) is 24.4 Å². The zero-order valence-electron chi connectivity index (χ0n) is 13.7. The van der Waals surface area contributed by atoms with E-state index in [9.17, 15) is 14.4 Å². The lowest BCUT2D eigenvalue weighted by atomic mass is 10.2. The van der Waals surface area contributed by atoms with Gasteiger partial charge in [0.15, 0.2) is 5.76 Å². The Morgan fingerprint density at radius 1 is 1.20 bits per heavy atom. The zero-order chi connectivity index (χ0) is 17.8. The lowest BCUT2D eigenvalue weighted by molar-refractivity contribution is -0.138. The van der Waals surface area contributed by atoms with Crippen LogP contribution in [0.4, 0.5) is 5.69 Å². The lowest BCUT2D eigenvalue weighted by Gasteiger charge is -2.22. The summed E-state index contributed by atoms with van der Waals surface area (Å²) in [5.74, 6) is -0.409. The van der Waals surface area contributed by atoms with E-state index in [-0.39, 0.29) is 17.6 Å². The van der Waals surface area contributed by atoms with E-state index in [4.69, 9.17) is 9.15 Å². The number of hydrogen-bond donors (Lipinski definition) is 1. The summed E-state index contributed by atoms with van der Waals surface area (Å²) in [6, 6.07) is 9.05. The number of amides is 2. The minimum Gasteiger partial charge on any atom is -0.459 e. The number of anilines is 1. The Kier molecular flexibility index (Phi) is 4.83. The van der Waals surface area contributed by atoms with Gasteiger partial charge in [-0.2, -0.15) is 0 Å². The summed E-state index contributed by atoms with van der Waals surface area (Å²) < 4.78 is 10.5. The zero-order valence-corrected chi connectivity index (χ0v) is 13.7. The second-order valence-corrected chi connectivity index (χ2v) is 5.76. The van der Waals surface area contributed by atoms with Gasteiger partial charge in [0.1, 0.15) is 11.8 Å². The second-order valence-electron chi connectivity index (χ2n) is 5.76. The van der Waals surface area contributed by atoms with E-state index >= 15 is 0 Å². The van der Waals surface area contributed by atoms with Crippen LogP contribution in [0, 0.1) is 0 Å². The molecule has 0 saturated carbocycles. The van der Waals surface area contributed by atoms with E-state index < -0.39 is 12.0 Å². The highest BCUT2D eigenvalue weighted by atomic mass is 16.5. The van der Waals surface area contributed by atoms with Crippen molar-refractivity contribution < 1.29 is 23.5 Å². The van der Waals surface area contributed by atoms with Gasteiger partial charge in [-0.1, -0.05) is 0 Å². The number of ether oxygens (including phenoxy) is 1. The number of carbonyl (C=O) groups is 3. The normalized spacial score (nSPS) is 16.5. The highest BCUT2D eigenvalue weighted by Crippen LogP contribution is 2.23. The van der Waals surface area contributed by atoms with Gasteiger partial charge in [0.05, 0.1) is 6.26 Å². The molecule has 1 aliphatic rings. The summed E-state index contributed by atoms with van der Waals surface area (Å²) in [7, 11) is 0. The average molecular weight is 342 g/mol. The number of benzene rings is 1. The first kappa shape index (κ1) is 16.8. The van der Waals surface area contributed by atoms with E-state index in [1.807, 2.05) is 0 Å². The second kappa shape index (κ2) is 7.21. The molecule has 7 heteroatoms. The Morgan fingerprint density at radius 3 is 2.60 bits per heavy atom. The minimum absolute atomic E-state index is 0.178. The van der Waals surface area contributed by atoms with Crippen LogP contribution in [0.1, 0.15) is 30.3 Å². The topological polar surface area (TPSA) is 88.9 Å². The highest BCUT2D eigenvalue weighted by molar-refractivity contribution is 5.95. The Bertz CT molecular complexity index is 767. The van der Waals surface area contributed by atoms with E-state index in [2.05, 4.69) is 5.32 Å². The highest BCUT2D eigenvalue weighted by Gasteiger charge is 2.36. The van der Waals surface area contributed by atoms with Crippen LogP contribution in [0.3, 0.4) is 0 Å². The molecule has 130 valence electrons. The van der Waals surface area contributed by atoms with Gasteiger partial charge in [0.25, 0.3) is 5.91 Å². The molecule has 1 saturated heterocycles. The third kappa shape index (κ3) is 3.88. The number of esters is 1. The Balaban J connectivity index is 1.65. The summed E-state index contributed by atoms with van der Waals surface area (Å²) in [5, 5.41) is 2.64. The maximum absolute atomic E-state index is 12.4. The van der Waals surface area contributed by atoms with Crippen molar-refractivity contribution in [2.75, 3.05) is 11.9 Å². The summed E-state index contributed by atoms with van der Waals surface area (Å²) in [5.41, 5.74) is 0.614. The third-order valence-corrected chi connectivity index (χ3v) is 3.91. The van der Waals surface area contributed by atoms with Crippen molar-refractivity contribution in [1.82, 2.24) is 4.90 Å². The number of carbonyl (C=O) groups excluding carboxylic acids is 3. The molecular formula is C18H18N2O5. The van der Waals surface area contributed by atoms with Gasteiger partial charge in [-0.15, -0.1) is 0 Å². The van der Waals surface area contributed by atoms with Crippen molar-refractivity contribution in [3.8, 4) is 5.75 Å². The molecule has 3 rings (SSSR count). The predicted molar refractivity (Wildman–Crippen MR) is 89.1 cm³/mol. The number of likely N-dealkylation sites (tertiary alicyclic amines) is 1. The van der Waals surface area contributed by atoms with Crippen molar-refractivity contribution in [2.45, 2.75) is 25.8 Å². The molecule has 2 aromatic rings. The predicted octanol–water partition coefficient (Wildman–Crippen LogP) is 2.45. The van der Waals surface area contributed by atoms with Crippen molar-refractivity contribution in [1.29, 1.82) is 0 Å². The van der Waals surface area contributed by atoms with Crippen LogP contribution in [0.2, 0.25) is 0 Å². The fourth-order valence-corrected chi connectivity index (χ4v) is 2.79. The van der Waals surface area contributed by atoms with Crippen molar-refractivity contribution in [3.63, 3.8) is 0 Å². The van der Waals surface area contributed by atoms with Crippen LogP contribution in [0.5, 0.6) is 5.75 Å². The molecule has 1 aromatic carbocycles. The number of nitrogens with zero attached hydrogens (tertiary/aromatic N) is 1. The molecule has 2 amide bonds. The maximum Gasteiger partial charge on any atom is 0.334 e. The molecule has 1 N–H and O–H groups in total. The molecule has 0 radical (unpaired) electrons. The van der Waals surface area contributed by atoms with Crippen molar-refractivity contribution in [2.24, 2.45) is 0 Å². The Hall–Kier alpha value is -3.09. The molecule has 2 heterocycles. The first-order valence-electron chi connectivity index (χ1n) is 7.98. The third-order valence-electron chi connectivity index (χ3n) is 3.91. The Morgan fingerprint density at radius 2 is 1.96 bits per heavy atom. The Labute approximate surface area is 144 Å². The van der Waals surface area contributed by atoms with Crippen LogP contribution in [0.25, 0.3) is 0 Å². The van der Waals surface area contributed by atoms with Crippen molar-refractivity contribution >= 4 is 23.5 Å². The summed E-state index contributed by atoms with van der Waals surface area (Å²) in [6.45, 7) is 1.90. The van der Waals surface area contributed by atoms with E-state index in [0.717, 1.165) is 6.42 Å². The number of hydrogen-bond acceptors (Lipinski definition) is 5. The van der Waals surface area contributed by atoms with Gasteiger partial charge in [-0.3, -0.25) is 9.59 Å². The fraction of sp³-hybridized carbons (Fsp3) is 0.278. The molecule has 1 aliphatic heterocycles. The number of rotatable bonds is 4. The first-order valence-corrected chi connectivity index (χ1v) is 7.98. The van der Waals surface area contributed by atoms with Gasteiger partial charge in [0.2, 0.25) is 5.91 Å². The molecule has 0 aliphatic carbocycles. The standard InChI is InChI=1S/C18H18N2O5/c1-12(21)19-13-6-8-14(9-7-13)25-18(23)15-4-2-10-20(15)17(22)16-5-3-11-24-16/h3,5-9,11,15H,2,4,10H2,1H3,(H,19,21). The average Bonchev–Trinajstić information content (AvgIpc) is 3.27. The van der Waals surface area contributed by atoms with Crippen LogP contribution >= 0.6 is 0 Å². The van der Waals surface area contributed by atoms with Crippen molar-refractivity contribution in [3.05, 3.63) is 48.4 Å². The number of nitrogens with one attached hydrogen (secondary N) is 1. The lowest BCUT2D eigenvalue weighted by Crippen LogP contribution is -2.42. The molecule has 1 unspecified atom stereocenters. The molecule has 7 nitrogen and oxygen atoms in total. The summed E-state index contributed by atoms with van der Waals surface area (Å²) in [4.78, 5) is 37.3. The minimum atomic E-state index is -0.632. The van der Waals surface area contributed by atoms with Crippen LogP contribution in [-0.2, 0) is 9.59 Å². The van der Waals surface area contributed by atoms with Gasteiger partial charge < -0.3 is 19.4 Å². The maximum atomic E-state index is 12.4. The van der Waals surface area contributed by atoms with Crippen LogP contribution in [-0.4, -0.2) is 35.3 Å². The van der Waals surface area contributed by atoms with Gasteiger partial charge in [-0.05, 0) is 49.2 Å². The van der Waals surface area contributed by atoms with Crippen LogP contribution < -0.4 is 10.1 Å². The van der Waals surface area contributed by atoms with E-state index in [1.165, 1.54) is 18.1 Å². The molecule has 25 heavy (non-hydrogen) atoms. The molecule has 1 atom stereocenters. The molecular weight excluding hydrogens is 324 g/mol. The molecule has 1 fully saturated rings. The summed E-state index contributed by atoms with van der Waals surface area (Å²) in [6.07, 6.45) is 2.70. The van der Waals surface area contributed by atoms with E-state index in [1.54, 1.807) is 36.4 Å².